The van der Waals surface area contributed by atoms with Gasteiger partial charge in [0.1, 0.15) is 0 Å². The van der Waals surface area contributed by atoms with E-state index < -0.39 is 46.3 Å². The lowest BCUT2D eigenvalue weighted by Crippen LogP contribution is -2.45. The Morgan fingerprint density at radius 2 is 1.74 bits per heavy atom. The van der Waals surface area contributed by atoms with Crippen LogP contribution in [0.15, 0.2) is 0 Å². The predicted octanol–water partition coefficient (Wildman–Crippen LogP) is 2.05. The summed E-state index contributed by atoms with van der Waals surface area (Å²) in [5.74, 6) is -0.565. The van der Waals surface area contributed by atoms with Crippen LogP contribution >= 0.6 is 0 Å². The number of sulfonamides is 1. The van der Waals surface area contributed by atoms with Crippen LogP contribution < -0.4 is 4.72 Å². The van der Waals surface area contributed by atoms with Crippen molar-refractivity contribution in [2.75, 3.05) is 12.4 Å². The second kappa shape index (κ2) is 6.90. The highest BCUT2D eigenvalue weighted by Gasteiger charge is 2.30. The topological polar surface area (TPSA) is 66.4 Å². The minimum absolute atomic E-state index is 0.187. The van der Waals surface area contributed by atoms with Crippen molar-refractivity contribution in [1.82, 2.24) is 4.72 Å². The molecular weight excluding hydrogens is 283 g/mol. The highest BCUT2D eigenvalue weighted by molar-refractivity contribution is 7.89. The van der Waals surface area contributed by atoms with Gasteiger partial charge in [0.2, 0.25) is 10.0 Å². The van der Waals surface area contributed by atoms with Gasteiger partial charge in [0.25, 0.3) is 0 Å². The van der Waals surface area contributed by atoms with Crippen LogP contribution in [0.3, 0.4) is 0 Å². The van der Waals surface area contributed by atoms with Crippen LogP contribution in [-0.4, -0.2) is 38.1 Å². The molecule has 0 amide bonds. The molecule has 1 atom stereocenters. The molecule has 2 N–H and O–H groups in total. The maximum absolute atomic E-state index is 12.0. The molecule has 0 radical (unpaired) electrons. The lowest BCUT2D eigenvalue weighted by Gasteiger charge is -2.30. The van der Waals surface area contributed by atoms with E-state index in [1.165, 1.54) is 0 Å². The van der Waals surface area contributed by atoms with Gasteiger partial charge < -0.3 is 5.11 Å². The third-order valence-electron chi connectivity index (χ3n) is 2.66. The molecule has 0 aromatic heterocycles. The van der Waals surface area contributed by atoms with Crippen molar-refractivity contribution < 1.29 is 26.7 Å². The standard InChI is InChI=1S/C11H22F3NO3S/c1-10(2,3)9(5-7-16)15-19(17,18)8-4-6-11(12,13)14/h9,15-16H,4-8H2,1-3H3. The van der Waals surface area contributed by atoms with Gasteiger partial charge in [-0.15, -0.1) is 0 Å². The van der Waals surface area contributed by atoms with Gasteiger partial charge in [-0.25, -0.2) is 13.1 Å². The van der Waals surface area contributed by atoms with E-state index in [4.69, 9.17) is 5.11 Å². The van der Waals surface area contributed by atoms with E-state index in [-0.39, 0.29) is 13.0 Å². The molecule has 0 aliphatic rings. The first-order valence-corrected chi connectivity index (χ1v) is 7.70. The first kappa shape index (κ1) is 18.7. The minimum atomic E-state index is -4.34. The second-order valence-corrected chi connectivity index (χ2v) is 7.46. The summed E-state index contributed by atoms with van der Waals surface area (Å²) in [5.41, 5.74) is -0.417. The Bertz CT molecular complexity index is 360. The molecule has 1 unspecified atom stereocenters. The first-order valence-electron chi connectivity index (χ1n) is 6.05. The zero-order valence-electron chi connectivity index (χ0n) is 11.4. The zero-order chi connectivity index (χ0) is 15.3. The van der Waals surface area contributed by atoms with Crippen LogP contribution in [0.25, 0.3) is 0 Å². The van der Waals surface area contributed by atoms with E-state index in [2.05, 4.69) is 4.72 Å². The summed E-state index contributed by atoms with van der Waals surface area (Å²) in [4.78, 5) is 0. The Morgan fingerprint density at radius 3 is 2.11 bits per heavy atom. The molecule has 0 aliphatic heterocycles. The van der Waals surface area contributed by atoms with Crippen LogP contribution in [0.4, 0.5) is 13.2 Å². The molecule has 0 aromatic carbocycles. The number of hydrogen-bond donors (Lipinski definition) is 2. The monoisotopic (exact) mass is 305 g/mol. The van der Waals surface area contributed by atoms with E-state index in [9.17, 15) is 21.6 Å². The van der Waals surface area contributed by atoms with Crippen LogP contribution in [0, 0.1) is 5.41 Å². The summed E-state index contributed by atoms with van der Waals surface area (Å²) in [6.07, 6.45) is -5.70. The Hall–Kier alpha value is -0.340. The lowest BCUT2D eigenvalue weighted by atomic mass is 9.86. The number of nitrogens with one attached hydrogen (secondary N) is 1. The van der Waals surface area contributed by atoms with E-state index in [1.807, 2.05) is 0 Å². The van der Waals surface area contributed by atoms with Crippen LogP contribution in [0.5, 0.6) is 0 Å². The fourth-order valence-corrected chi connectivity index (χ4v) is 3.08. The van der Waals surface area contributed by atoms with Crippen molar-refractivity contribution in [1.29, 1.82) is 0 Å². The number of aliphatic hydroxyl groups is 1. The van der Waals surface area contributed by atoms with Gasteiger partial charge in [0, 0.05) is 19.1 Å². The molecule has 0 aromatic rings. The maximum Gasteiger partial charge on any atom is 0.389 e. The molecule has 116 valence electrons. The van der Waals surface area contributed by atoms with Gasteiger partial charge in [0.15, 0.2) is 0 Å². The summed E-state index contributed by atoms with van der Waals surface area (Å²) in [7, 11) is -3.77. The van der Waals surface area contributed by atoms with Crippen molar-refractivity contribution in [3.8, 4) is 0 Å². The maximum atomic E-state index is 12.0. The average Bonchev–Trinajstić information content (AvgIpc) is 2.12. The lowest BCUT2D eigenvalue weighted by molar-refractivity contribution is -0.134. The molecule has 0 spiro atoms. The Kier molecular flexibility index (Phi) is 6.77. The summed E-state index contributed by atoms with van der Waals surface area (Å²) >= 11 is 0. The molecule has 4 nitrogen and oxygen atoms in total. The molecule has 0 bridgehead atoms. The van der Waals surface area contributed by atoms with Crippen molar-refractivity contribution in [2.45, 2.75) is 52.3 Å². The number of halogens is 3. The van der Waals surface area contributed by atoms with E-state index in [0.29, 0.717) is 0 Å². The van der Waals surface area contributed by atoms with Crippen molar-refractivity contribution in [3.63, 3.8) is 0 Å². The summed E-state index contributed by atoms with van der Waals surface area (Å²) in [5, 5.41) is 8.90. The molecular formula is C11H22F3NO3S. The fraction of sp³-hybridized carbons (Fsp3) is 1.00. The largest absolute Gasteiger partial charge is 0.396 e. The summed E-state index contributed by atoms with van der Waals surface area (Å²) in [6.45, 7) is 5.20. The Labute approximate surface area is 112 Å². The summed E-state index contributed by atoms with van der Waals surface area (Å²) in [6, 6.07) is -0.506. The SMILES string of the molecule is CC(C)(C)C(CCO)NS(=O)(=O)CCCC(F)(F)F. The smallest absolute Gasteiger partial charge is 0.389 e. The predicted molar refractivity (Wildman–Crippen MR) is 67.2 cm³/mol. The minimum Gasteiger partial charge on any atom is -0.396 e. The highest BCUT2D eigenvalue weighted by atomic mass is 32.2. The molecule has 0 heterocycles. The van der Waals surface area contributed by atoms with Gasteiger partial charge in [-0.05, 0) is 18.3 Å². The normalized spacial score (nSPS) is 15.5. The van der Waals surface area contributed by atoms with Crippen LogP contribution in [0.1, 0.15) is 40.0 Å². The molecule has 0 rings (SSSR count). The van der Waals surface area contributed by atoms with Crippen LogP contribution in [0.2, 0.25) is 0 Å². The molecule has 0 saturated heterocycles. The van der Waals surface area contributed by atoms with Crippen LogP contribution in [-0.2, 0) is 10.0 Å². The van der Waals surface area contributed by atoms with Gasteiger partial charge in [-0.1, -0.05) is 20.8 Å². The Morgan fingerprint density at radius 1 is 1.21 bits per heavy atom. The van der Waals surface area contributed by atoms with Gasteiger partial charge in [-0.2, -0.15) is 13.2 Å². The number of hydrogen-bond acceptors (Lipinski definition) is 3. The number of aliphatic hydroxyl groups excluding tert-OH is 1. The summed E-state index contributed by atoms with van der Waals surface area (Å²) < 4.78 is 61.6. The molecule has 19 heavy (non-hydrogen) atoms. The molecule has 0 aliphatic carbocycles. The second-order valence-electron chi connectivity index (χ2n) is 5.59. The van der Waals surface area contributed by atoms with Gasteiger partial charge in [0.05, 0.1) is 5.75 Å². The van der Waals surface area contributed by atoms with E-state index in [1.54, 1.807) is 20.8 Å². The van der Waals surface area contributed by atoms with Crippen molar-refractivity contribution in [2.24, 2.45) is 5.41 Å². The molecule has 8 heteroatoms. The fourth-order valence-electron chi connectivity index (χ4n) is 1.54. The molecule has 0 saturated carbocycles. The van der Waals surface area contributed by atoms with E-state index in [0.717, 1.165) is 0 Å². The van der Waals surface area contributed by atoms with Crippen molar-refractivity contribution in [3.05, 3.63) is 0 Å². The van der Waals surface area contributed by atoms with E-state index >= 15 is 0 Å². The highest BCUT2D eigenvalue weighted by Crippen LogP contribution is 2.24. The number of rotatable bonds is 7. The van der Waals surface area contributed by atoms with Gasteiger partial charge in [-0.3, -0.25) is 0 Å². The Balaban J connectivity index is 4.48. The number of alkyl halides is 3. The first-order chi connectivity index (χ1) is 8.37. The molecule has 0 fully saturated rings. The third kappa shape index (κ3) is 9.23. The quantitative estimate of drug-likeness (QED) is 0.756. The average molecular weight is 305 g/mol. The third-order valence-corrected chi connectivity index (χ3v) is 4.13. The zero-order valence-corrected chi connectivity index (χ0v) is 12.2. The van der Waals surface area contributed by atoms with Crippen molar-refractivity contribution >= 4 is 10.0 Å². The van der Waals surface area contributed by atoms with Gasteiger partial charge >= 0.3 is 6.18 Å².